The van der Waals surface area contributed by atoms with Crippen LogP contribution in [0.2, 0.25) is 0 Å². The highest BCUT2D eigenvalue weighted by Gasteiger charge is 2.30. The molecule has 0 saturated carbocycles. The highest BCUT2D eigenvalue weighted by molar-refractivity contribution is 5.76. The van der Waals surface area contributed by atoms with Crippen LogP contribution in [-0.2, 0) is 9.53 Å². The molecule has 0 fully saturated rings. The lowest BCUT2D eigenvalue weighted by atomic mass is 9.85. The van der Waals surface area contributed by atoms with Crippen molar-refractivity contribution in [2.45, 2.75) is 53.9 Å². The quantitative estimate of drug-likeness (QED) is 0.583. The average Bonchev–Trinajstić information content (AvgIpc) is 2.36. The zero-order valence-corrected chi connectivity index (χ0v) is 12.2. The Labute approximate surface area is 107 Å². The maximum Gasteiger partial charge on any atom is 0.311 e. The molecule has 0 unspecified atom stereocenters. The Balaban J connectivity index is 3.99. The first-order valence-corrected chi connectivity index (χ1v) is 6.93. The first-order valence-electron chi connectivity index (χ1n) is 6.93. The molecule has 0 saturated heterocycles. The summed E-state index contributed by atoms with van der Waals surface area (Å²) in [7, 11) is 0. The minimum absolute atomic E-state index is 0.0462. The number of esters is 1. The van der Waals surface area contributed by atoms with E-state index in [0.717, 1.165) is 38.9 Å². The van der Waals surface area contributed by atoms with Crippen LogP contribution in [0.25, 0.3) is 0 Å². The van der Waals surface area contributed by atoms with E-state index in [1.54, 1.807) is 0 Å². The van der Waals surface area contributed by atoms with Crippen molar-refractivity contribution in [1.82, 2.24) is 4.90 Å². The van der Waals surface area contributed by atoms with E-state index in [1.165, 1.54) is 0 Å². The van der Waals surface area contributed by atoms with E-state index in [4.69, 9.17) is 4.74 Å². The molecule has 3 heteroatoms. The highest BCUT2D eigenvalue weighted by Crippen LogP contribution is 2.26. The van der Waals surface area contributed by atoms with E-state index in [9.17, 15) is 4.79 Å². The van der Waals surface area contributed by atoms with Crippen LogP contribution in [0.15, 0.2) is 0 Å². The number of hydrogen-bond acceptors (Lipinski definition) is 3. The van der Waals surface area contributed by atoms with E-state index >= 15 is 0 Å². The molecular formula is C14H29NO2. The number of ether oxygens (including phenoxy) is 1. The Morgan fingerprint density at radius 2 is 1.71 bits per heavy atom. The number of carbonyl (C=O) groups is 1. The Kier molecular flexibility index (Phi) is 8.23. The van der Waals surface area contributed by atoms with Gasteiger partial charge in [-0.2, -0.15) is 0 Å². The highest BCUT2D eigenvalue weighted by atomic mass is 16.5. The van der Waals surface area contributed by atoms with Crippen LogP contribution in [0.3, 0.4) is 0 Å². The lowest BCUT2D eigenvalue weighted by molar-refractivity contribution is -0.155. The molecule has 0 aromatic carbocycles. The van der Waals surface area contributed by atoms with Crippen molar-refractivity contribution in [2.24, 2.45) is 5.41 Å². The van der Waals surface area contributed by atoms with E-state index in [0.29, 0.717) is 6.61 Å². The molecule has 0 aromatic heterocycles. The Morgan fingerprint density at radius 1 is 1.12 bits per heavy atom. The predicted octanol–water partition coefficient (Wildman–Crippen LogP) is 3.09. The molecule has 102 valence electrons. The Bertz CT molecular complexity index is 212. The lowest BCUT2D eigenvalue weighted by Crippen LogP contribution is -2.33. The molecule has 0 radical (unpaired) electrons. The summed E-state index contributed by atoms with van der Waals surface area (Å²) in [5, 5.41) is 0. The third-order valence-corrected chi connectivity index (χ3v) is 3.68. The largest absolute Gasteiger partial charge is 0.464 e. The minimum Gasteiger partial charge on any atom is -0.464 e. The summed E-state index contributed by atoms with van der Waals surface area (Å²) in [5.41, 5.74) is -0.304. The molecule has 0 amide bonds. The van der Waals surface area contributed by atoms with Gasteiger partial charge in [0.1, 0.15) is 6.61 Å². The predicted molar refractivity (Wildman–Crippen MR) is 72.1 cm³/mol. The molecule has 0 aromatic rings. The molecule has 0 aliphatic rings. The fourth-order valence-corrected chi connectivity index (χ4v) is 1.72. The van der Waals surface area contributed by atoms with Crippen molar-refractivity contribution in [3.63, 3.8) is 0 Å². The van der Waals surface area contributed by atoms with Gasteiger partial charge in [0.05, 0.1) is 5.41 Å². The van der Waals surface area contributed by atoms with E-state index < -0.39 is 0 Å². The number of rotatable bonds is 9. The van der Waals surface area contributed by atoms with Crippen molar-refractivity contribution >= 4 is 5.97 Å². The molecule has 17 heavy (non-hydrogen) atoms. The molecule has 3 nitrogen and oxygen atoms in total. The molecule has 0 spiro atoms. The van der Waals surface area contributed by atoms with Crippen molar-refractivity contribution < 1.29 is 9.53 Å². The standard InChI is InChI=1S/C14H29NO2/c1-6-10-15(9-4)11-12-17-13(16)14(5,7-2)8-3/h6-12H2,1-5H3. The Hall–Kier alpha value is -0.570. The Morgan fingerprint density at radius 3 is 2.12 bits per heavy atom. The second kappa shape index (κ2) is 8.51. The molecule has 0 aliphatic carbocycles. The van der Waals surface area contributed by atoms with Crippen LogP contribution in [0.5, 0.6) is 0 Å². The van der Waals surface area contributed by atoms with Gasteiger partial charge >= 0.3 is 5.97 Å². The molecule has 0 N–H and O–H groups in total. The first kappa shape index (κ1) is 16.4. The van der Waals surface area contributed by atoms with Gasteiger partial charge in [-0.1, -0.05) is 27.7 Å². The zero-order valence-electron chi connectivity index (χ0n) is 12.2. The van der Waals surface area contributed by atoms with Crippen LogP contribution in [0, 0.1) is 5.41 Å². The van der Waals surface area contributed by atoms with Crippen LogP contribution in [0.1, 0.15) is 53.9 Å². The van der Waals surface area contributed by atoms with Crippen molar-refractivity contribution in [3.8, 4) is 0 Å². The smallest absolute Gasteiger partial charge is 0.311 e. The van der Waals surface area contributed by atoms with Crippen molar-refractivity contribution in [1.29, 1.82) is 0 Å². The average molecular weight is 243 g/mol. The third-order valence-electron chi connectivity index (χ3n) is 3.68. The van der Waals surface area contributed by atoms with Gasteiger partial charge in [-0.25, -0.2) is 0 Å². The maximum atomic E-state index is 11.9. The van der Waals surface area contributed by atoms with Crippen LogP contribution in [0.4, 0.5) is 0 Å². The van der Waals surface area contributed by atoms with Crippen molar-refractivity contribution in [3.05, 3.63) is 0 Å². The molecular weight excluding hydrogens is 214 g/mol. The number of hydrogen-bond donors (Lipinski definition) is 0. The van der Waals surface area contributed by atoms with Crippen molar-refractivity contribution in [2.75, 3.05) is 26.2 Å². The molecule has 0 heterocycles. The summed E-state index contributed by atoms with van der Waals surface area (Å²) < 4.78 is 5.39. The van der Waals surface area contributed by atoms with E-state index in [1.807, 2.05) is 20.8 Å². The van der Waals surface area contributed by atoms with Gasteiger partial charge < -0.3 is 9.64 Å². The van der Waals surface area contributed by atoms with Crippen LogP contribution < -0.4 is 0 Å². The summed E-state index contributed by atoms with van der Waals surface area (Å²) in [6.07, 6.45) is 2.83. The molecule has 0 aliphatic heterocycles. The molecule has 0 atom stereocenters. The van der Waals surface area contributed by atoms with Crippen LogP contribution >= 0.6 is 0 Å². The zero-order chi connectivity index (χ0) is 13.3. The second-order valence-electron chi connectivity index (χ2n) is 4.84. The molecule has 0 bridgehead atoms. The third kappa shape index (κ3) is 5.53. The normalized spacial score (nSPS) is 11.9. The lowest BCUT2D eigenvalue weighted by Gasteiger charge is -2.25. The fraction of sp³-hybridized carbons (Fsp3) is 0.929. The van der Waals surface area contributed by atoms with Gasteiger partial charge in [0.25, 0.3) is 0 Å². The summed E-state index contributed by atoms with van der Waals surface area (Å²) in [5.74, 6) is -0.0462. The van der Waals surface area contributed by atoms with Gasteiger partial charge in [-0.05, 0) is 39.3 Å². The maximum absolute atomic E-state index is 11.9. The number of carbonyl (C=O) groups excluding carboxylic acids is 1. The topological polar surface area (TPSA) is 29.5 Å². The SMILES string of the molecule is CCCN(CC)CCOC(=O)C(C)(CC)CC. The molecule has 0 rings (SSSR count). The monoisotopic (exact) mass is 243 g/mol. The number of nitrogens with zero attached hydrogens (tertiary/aromatic N) is 1. The van der Waals surface area contributed by atoms with E-state index in [-0.39, 0.29) is 11.4 Å². The van der Waals surface area contributed by atoms with Gasteiger partial charge in [-0.3, -0.25) is 4.79 Å². The van der Waals surface area contributed by atoms with E-state index in [2.05, 4.69) is 18.7 Å². The second-order valence-corrected chi connectivity index (χ2v) is 4.84. The van der Waals surface area contributed by atoms with Gasteiger partial charge in [-0.15, -0.1) is 0 Å². The van der Waals surface area contributed by atoms with Gasteiger partial charge in [0, 0.05) is 6.54 Å². The van der Waals surface area contributed by atoms with Crippen LogP contribution in [-0.4, -0.2) is 37.1 Å². The van der Waals surface area contributed by atoms with Gasteiger partial charge in [0.2, 0.25) is 0 Å². The first-order chi connectivity index (χ1) is 8.03. The number of likely N-dealkylation sites (N-methyl/N-ethyl adjacent to an activating group) is 1. The minimum atomic E-state index is -0.304. The fourth-order valence-electron chi connectivity index (χ4n) is 1.72. The summed E-state index contributed by atoms with van der Waals surface area (Å²) in [6, 6.07) is 0. The van der Waals surface area contributed by atoms with Gasteiger partial charge in [0.15, 0.2) is 0 Å². The summed E-state index contributed by atoms with van der Waals surface area (Å²) in [4.78, 5) is 14.2. The summed E-state index contributed by atoms with van der Waals surface area (Å²) >= 11 is 0. The summed E-state index contributed by atoms with van der Waals surface area (Å²) in [6.45, 7) is 13.8.